The summed E-state index contributed by atoms with van der Waals surface area (Å²) in [5, 5.41) is 2.59. The largest absolute Gasteiger partial charge is 1.00 e. The lowest BCUT2D eigenvalue weighted by Gasteiger charge is -2.02. The molecule has 0 amide bonds. The Bertz CT molecular complexity index is 689. The van der Waals surface area contributed by atoms with Gasteiger partial charge in [-0.05, 0) is 37.1 Å². The Hall–Kier alpha value is -1.16. The number of fused-ring (bicyclic) bond motifs is 2. The average molecular weight is 335 g/mol. The van der Waals surface area contributed by atoms with Crippen LogP contribution in [0.5, 0.6) is 0 Å². The molecule has 86 valence electrons. The number of aromatic amines is 1. The van der Waals surface area contributed by atoms with Crippen LogP contribution in [0.15, 0.2) is 42.5 Å². The van der Waals surface area contributed by atoms with Crippen LogP contribution in [0, 0.1) is 13.8 Å². The SMILES string of the molecule is Cc1ccc2[nH+]c3ccccc3cc2c1C.[I-]. The first kappa shape index (κ1) is 12.3. The van der Waals surface area contributed by atoms with Crippen molar-refractivity contribution in [1.82, 2.24) is 0 Å². The molecule has 3 aromatic rings. The number of hydrogen-bond acceptors (Lipinski definition) is 0. The average Bonchev–Trinajstić information content (AvgIpc) is 2.32. The summed E-state index contributed by atoms with van der Waals surface area (Å²) in [7, 11) is 0. The second-order valence-electron chi connectivity index (χ2n) is 4.33. The molecular weight excluding hydrogens is 321 g/mol. The summed E-state index contributed by atoms with van der Waals surface area (Å²) in [6.07, 6.45) is 0. The molecule has 1 aromatic heterocycles. The number of para-hydroxylation sites is 1. The normalized spacial score (nSPS) is 10.5. The van der Waals surface area contributed by atoms with Crippen molar-refractivity contribution < 1.29 is 29.0 Å². The zero-order valence-electron chi connectivity index (χ0n) is 9.92. The van der Waals surface area contributed by atoms with Gasteiger partial charge in [-0.25, -0.2) is 4.98 Å². The van der Waals surface area contributed by atoms with Crippen LogP contribution in [-0.4, -0.2) is 0 Å². The molecule has 2 heteroatoms. The molecule has 0 bridgehead atoms. The number of benzene rings is 2. The minimum atomic E-state index is 0. The van der Waals surface area contributed by atoms with Crippen molar-refractivity contribution in [3.8, 4) is 0 Å². The van der Waals surface area contributed by atoms with Crippen LogP contribution in [0.25, 0.3) is 21.8 Å². The molecule has 0 fully saturated rings. The molecule has 1 nitrogen and oxygen atoms in total. The van der Waals surface area contributed by atoms with E-state index >= 15 is 0 Å². The zero-order chi connectivity index (χ0) is 11.1. The summed E-state index contributed by atoms with van der Waals surface area (Å²) in [5.74, 6) is 0. The highest BCUT2D eigenvalue weighted by Gasteiger charge is 2.08. The van der Waals surface area contributed by atoms with Gasteiger partial charge in [0.1, 0.15) is 0 Å². The molecule has 0 unspecified atom stereocenters. The second-order valence-corrected chi connectivity index (χ2v) is 4.33. The van der Waals surface area contributed by atoms with Gasteiger partial charge in [0.25, 0.3) is 0 Å². The lowest BCUT2D eigenvalue weighted by atomic mass is 10.0. The maximum absolute atomic E-state index is 3.48. The number of aryl methyl sites for hydroxylation is 2. The molecule has 0 atom stereocenters. The maximum atomic E-state index is 3.48. The summed E-state index contributed by atoms with van der Waals surface area (Å²) < 4.78 is 0. The molecule has 0 radical (unpaired) electrons. The molecule has 0 saturated heterocycles. The van der Waals surface area contributed by atoms with E-state index in [2.05, 4.69) is 61.3 Å². The maximum Gasteiger partial charge on any atom is 0.211 e. The van der Waals surface area contributed by atoms with Crippen LogP contribution in [0.3, 0.4) is 0 Å². The fourth-order valence-corrected chi connectivity index (χ4v) is 2.17. The van der Waals surface area contributed by atoms with Gasteiger partial charge in [-0.2, -0.15) is 0 Å². The summed E-state index contributed by atoms with van der Waals surface area (Å²) in [5.41, 5.74) is 5.11. The van der Waals surface area contributed by atoms with E-state index in [1.54, 1.807) is 0 Å². The first-order chi connectivity index (χ1) is 7.75. The van der Waals surface area contributed by atoms with Crippen molar-refractivity contribution in [3.63, 3.8) is 0 Å². The predicted octanol–water partition coefficient (Wildman–Crippen LogP) is 0.428. The fourth-order valence-electron chi connectivity index (χ4n) is 2.17. The van der Waals surface area contributed by atoms with Crippen molar-refractivity contribution in [1.29, 1.82) is 0 Å². The number of rotatable bonds is 0. The van der Waals surface area contributed by atoms with E-state index in [4.69, 9.17) is 0 Å². The summed E-state index contributed by atoms with van der Waals surface area (Å²) >= 11 is 0. The summed E-state index contributed by atoms with van der Waals surface area (Å²) in [6.45, 7) is 4.34. The first-order valence-electron chi connectivity index (χ1n) is 5.57. The van der Waals surface area contributed by atoms with E-state index in [1.165, 1.54) is 32.9 Å². The van der Waals surface area contributed by atoms with Crippen molar-refractivity contribution in [2.24, 2.45) is 0 Å². The van der Waals surface area contributed by atoms with Crippen LogP contribution in [-0.2, 0) is 0 Å². The smallest absolute Gasteiger partial charge is 0.211 e. The van der Waals surface area contributed by atoms with Crippen molar-refractivity contribution >= 4 is 21.8 Å². The van der Waals surface area contributed by atoms with Crippen molar-refractivity contribution in [2.45, 2.75) is 13.8 Å². The number of halogens is 1. The van der Waals surface area contributed by atoms with E-state index in [0.29, 0.717) is 0 Å². The number of pyridine rings is 1. The van der Waals surface area contributed by atoms with E-state index in [0.717, 1.165) is 0 Å². The molecule has 0 aliphatic rings. The van der Waals surface area contributed by atoms with E-state index < -0.39 is 0 Å². The van der Waals surface area contributed by atoms with Gasteiger partial charge in [0.05, 0.1) is 5.39 Å². The number of nitrogens with one attached hydrogen (secondary N) is 1. The Balaban J connectivity index is 0.00000108. The zero-order valence-corrected chi connectivity index (χ0v) is 12.1. The quantitative estimate of drug-likeness (QED) is 0.418. The third-order valence-electron chi connectivity index (χ3n) is 3.32. The molecule has 0 saturated carbocycles. The fraction of sp³-hybridized carbons (Fsp3) is 0.133. The molecule has 0 aliphatic heterocycles. The van der Waals surface area contributed by atoms with Crippen molar-refractivity contribution in [2.75, 3.05) is 0 Å². The van der Waals surface area contributed by atoms with Gasteiger partial charge >= 0.3 is 0 Å². The Morgan fingerprint density at radius 1 is 0.882 bits per heavy atom. The lowest BCUT2D eigenvalue weighted by molar-refractivity contribution is -0.310. The molecule has 17 heavy (non-hydrogen) atoms. The minimum absolute atomic E-state index is 0. The van der Waals surface area contributed by atoms with E-state index in [1.807, 2.05) is 0 Å². The summed E-state index contributed by atoms with van der Waals surface area (Å²) in [6, 6.07) is 15.0. The van der Waals surface area contributed by atoms with Crippen LogP contribution < -0.4 is 29.0 Å². The number of hydrogen-bond donors (Lipinski definition) is 0. The molecule has 1 N–H and O–H groups in total. The molecule has 0 spiro atoms. The lowest BCUT2D eigenvalue weighted by Crippen LogP contribution is -3.00. The molecule has 3 rings (SSSR count). The van der Waals surface area contributed by atoms with Gasteiger partial charge in [0.15, 0.2) is 0 Å². The highest BCUT2D eigenvalue weighted by atomic mass is 127. The molecular formula is C15H14IN. The third-order valence-corrected chi connectivity index (χ3v) is 3.32. The van der Waals surface area contributed by atoms with Gasteiger partial charge in [0, 0.05) is 17.5 Å². The van der Waals surface area contributed by atoms with Crippen LogP contribution in [0.1, 0.15) is 11.1 Å². The Morgan fingerprint density at radius 3 is 2.47 bits per heavy atom. The van der Waals surface area contributed by atoms with Crippen LogP contribution in [0.4, 0.5) is 0 Å². The van der Waals surface area contributed by atoms with Gasteiger partial charge in [0.2, 0.25) is 11.0 Å². The second kappa shape index (κ2) is 4.61. The summed E-state index contributed by atoms with van der Waals surface area (Å²) in [4.78, 5) is 3.48. The van der Waals surface area contributed by atoms with Crippen molar-refractivity contribution in [3.05, 3.63) is 53.6 Å². The Morgan fingerprint density at radius 2 is 1.65 bits per heavy atom. The first-order valence-corrected chi connectivity index (χ1v) is 5.57. The van der Waals surface area contributed by atoms with Crippen LogP contribution in [0.2, 0.25) is 0 Å². The standard InChI is InChI=1S/C15H13N.HI/c1-10-7-8-15-13(11(10)2)9-12-5-3-4-6-14(12)16-15;/h3-9H,1-2H3;1H. The van der Waals surface area contributed by atoms with E-state index in [9.17, 15) is 0 Å². The van der Waals surface area contributed by atoms with Crippen LogP contribution >= 0.6 is 0 Å². The number of aromatic nitrogens is 1. The van der Waals surface area contributed by atoms with Gasteiger partial charge < -0.3 is 24.0 Å². The third kappa shape index (κ3) is 2.02. The number of H-pyrrole nitrogens is 1. The Kier molecular flexibility index (Phi) is 3.33. The molecule has 1 heterocycles. The van der Waals surface area contributed by atoms with Gasteiger partial charge in [-0.15, -0.1) is 0 Å². The highest BCUT2D eigenvalue weighted by Crippen LogP contribution is 2.21. The monoisotopic (exact) mass is 335 g/mol. The minimum Gasteiger partial charge on any atom is -1.00 e. The highest BCUT2D eigenvalue weighted by molar-refractivity contribution is 5.90. The Labute approximate surface area is 118 Å². The predicted molar refractivity (Wildman–Crippen MR) is 67.5 cm³/mol. The van der Waals surface area contributed by atoms with E-state index in [-0.39, 0.29) is 24.0 Å². The van der Waals surface area contributed by atoms with Gasteiger partial charge in [-0.1, -0.05) is 18.2 Å². The van der Waals surface area contributed by atoms with Gasteiger partial charge in [-0.3, -0.25) is 0 Å². The molecule has 0 aliphatic carbocycles. The molecule has 2 aromatic carbocycles. The topological polar surface area (TPSA) is 14.1 Å².